The van der Waals surface area contributed by atoms with Crippen LogP contribution in [0.15, 0.2) is 48.5 Å². The first-order valence-corrected chi connectivity index (χ1v) is 11.8. The molecule has 0 fully saturated rings. The van der Waals surface area contributed by atoms with Crippen LogP contribution in [-0.4, -0.2) is 43.0 Å². The summed E-state index contributed by atoms with van der Waals surface area (Å²) in [4.78, 5) is 27.8. The third-order valence-electron chi connectivity index (χ3n) is 5.64. The van der Waals surface area contributed by atoms with Gasteiger partial charge in [-0.2, -0.15) is 0 Å². The number of nitrogens with one attached hydrogen (secondary N) is 1. The maximum atomic E-state index is 13.3. The number of carbonyl (C=O) groups excluding carboxylic acids is 2. The summed E-state index contributed by atoms with van der Waals surface area (Å²) in [5.41, 5.74) is 2.13. The Bertz CT molecular complexity index is 863. The molecule has 0 heterocycles. The molecule has 6 nitrogen and oxygen atoms in total. The van der Waals surface area contributed by atoms with Crippen molar-refractivity contribution in [3.05, 3.63) is 59.7 Å². The summed E-state index contributed by atoms with van der Waals surface area (Å²) in [5, 5.41) is 2.97. The van der Waals surface area contributed by atoms with E-state index < -0.39 is 6.04 Å². The Hall–Kier alpha value is -3.02. The summed E-state index contributed by atoms with van der Waals surface area (Å²) < 4.78 is 11.0. The quantitative estimate of drug-likeness (QED) is 0.436. The summed E-state index contributed by atoms with van der Waals surface area (Å²) in [6.07, 6.45) is 2.42. The third-order valence-corrected chi connectivity index (χ3v) is 5.64. The van der Waals surface area contributed by atoms with E-state index in [4.69, 9.17) is 9.47 Å². The van der Waals surface area contributed by atoms with Gasteiger partial charge in [0.05, 0.1) is 7.11 Å². The molecule has 0 aliphatic heterocycles. The van der Waals surface area contributed by atoms with Gasteiger partial charge in [-0.1, -0.05) is 58.4 Å². The third kappa shape index (κ3) is 8.12. The van der Waals surface area contributed by atoms with Crippen molar-refractivity contribution in [2.45, 2.75) is 65.5 Å². The molecule has 2 aromatic carbocycles. The van der Waals surface area contributed by atoms with Gasteiger partial charge in [-0.05, 0) is 54.2 Å². The highest BCUT2D eigenvalue weighted by atomic mass is 16.5. The average Bonchev–Trinajstić information content (AvgIpc) is 2.83. The van der Waals surface area contributed by atoms with E-state index in [0.29, 0.717) is 31.2 Å². The molecule has 2 amide bonds. The van der Waals surface area contributed by atoms with Crippen LogP contribution in [0.25, 0.3) is 0 Å². The van der Waals surface area contributed by atoms with Crippen molar-refractivity contribution in [3.8, 4) is 11.5 Å². The van der Waals surface area contributed by atoms with E-state index in [-0.39, 0.29) is 18.4 Å². The molecule has 0 spiro atoms. The Morgan fingerprint density at radius 1 is 0.970 bits per heavy atom. The molecular weight excluding hydrogens is 416 g/mol. The van der Waals surface area contributed by atoms with E-state index in [1.165, 1.54) is 5.56 Å². The molecule has 180 valence electrons. The van der Waals surface area contributed by atoms with Crippen LogP contribution >= 0.6 is 0 Å². The molecule has 1 N–H and O–H groups in total. The van der Waals surface area contributed by atoms with Crippen LogP contribution < -0.4 is 14.8 Å². The predicted octanol–water partition coefficient (Wildman–Crippen LogP) is 4.92. The molecule has 2 aromatic rings. The summed E-state index contributed by atoms with van der Waals surface area (Å²) in [7, 11) is 1.61. The Morgan fingerprint density at radius 3 is 2.15 bits per heavy atom. The van der Waals surface area contributed by atoms with Gasteiger partial charge in [0.2, 0.25) is 5.91 Å². The number of amides is 2. The highest BCUT2D eigenvalue weighted by Gasteiger charge is 2.28. The second-order valence-corrected chi connectivity index (χ2v) is 8.45. The normalized spacial score (nSPS) is 11.7. The van der Waals surface area contributed by atoms with E-state index in [1.54, 1.807) is 12.0 Å². The first kappa shape index (κ1) is 26.2. The van der Waals surface area contributed by atoms with E-state index in [1.807, 2.05) is 55.5 Å². The number of carbonyl (C=O) groups is 2. The highest BCUT2D eigenvalue weighted by Crippen LogP contribution is 2.20. The topological polar surface area (TPSA) is 67.9 Å². The van der Waals surface area contributed by atoms with Crippen LogP contribution in [0.5, 0.6) is 11.5 Å². The second kappa shape index (κ2) is 13.5. The monoisotopic (exact) mass is 454 g/mol. The van der Waals surface area contributed by atoms with Crippen molar-refractivity contribution in [2.75, 3.05) is 20.3 Å². The van der Waals surface area contributed by atoms with Crippen molar-refractivity contribution in [1.29, 1.82) is 0 Å². The molecule has 1 atom stereocenters. The van der Waals surface area contributed by atoms with Gasteiger partial charge in [-0.25, -0.2) is 0 Å². The number of unbranched alkanes of at least 4 members (excludes halogenated alkanes) is 1. The first-order chi connectivity index (χ1) is 15.9. The van der Waals surface area contributed by atoms with Gasteiger partial charge in [-0.3, -0.25) is 9.59 Å². The summed E-state index contributed by atoms with van der Waals surface area (Å²) in [5.74, 6) is 1.45. The Kier molecular flexibility index (Phi) is 10.7. The number of rotatable bonds is 13. The van der Waals surface area contributed by atoms with Crippen molar-refractivity contribution < 1.29 is 19.1 Å². The minimum atomic E-state index is -0.566. The lowest BCUT2D eigenvalue weighted by Gasteiger charge is -2.30. The zero-order chi connectivity index (χ0) is 24.2. The Balaban J connectivity index is 2.15. The molecule has 2 rings (SSSR count). The maximum absolute atomic E-state index is 13.3. The summed E-state index contributed by atoms with van der Waals surface area (Å²) in [6.45, 7) is 9.06. The number of benzene rings is 2. The van der Waals surface area contributed by atoms with Gasteiger partial charge in [0.25, 0.3) is 5.91 Å². The first-order valence-electron chi connectivity index (χ1n) is 11.8. The second-order valence-electron chi connectivity index (χ2n) is 8.45. The molecule has 6 heteroatoms. The highest BCUT2D eigenvalue weighted by molar-refractivity contribution is 5.88. The van der Waals surface area contributed by atoms with Gasteiger partial charge in [0.15, 0.2) is 6.61 Å². The number of ether oxygens (including phenoxy) is 2. The molecule has 0 saturated carbocycles. The van der Waals surface area contributed by atoms with Gasteiger partial charge in [-0.15, -0.1) is 0 Å². The van der Waals surface area contributed by atoms with Crippen molar-refractivity contribution >= 4 is 11.8 Å². The summed E-state index contributed by atoms with van der Waals surface area (Å²) >= 11 is 0. The number of methoxy groups -OCH3 is 1. The van der Waals surface area contributed by atoms with Crippen LogP contribution in [0.1, 0.15) is 64.0 Å². The SMILES string of the molecule is CCCCNC(=O)[C@H](CC)N(Cc1ccc(OC)cc1)C(=O)COc1ccc(C(C)C)cc1. The van der Waals surface area contributed by atoms with Crippen LogP contribution in [0, 0.1) is 0 Å². The minimum absolute atomic E-state index is 0.129. The molecule has 33 heavy (non-hydrogen) atoms. The standard InChI is InChI=1S/C27H38N2O4/c1-6-8-17-28-27(31)25(7-2)29(18-21-9-13-23(32-5)14-10-21)26(30)19-33-24-15-11-22(12-16-24)20(3)4/h9-16,20,25H,6-8,17-19H2,1-5H3,(H,28,31)/t25-/m0/s1. The lowest BCUT2D eigenvalue weighted by molar-refractivity contribution is -0.143. The van der Waals surface area contributed by atoms with E-state index in [0.717, 1.165) is 24.2 Å². The Labute approximate surface area is 198 Å². The summed E-state index contributed by atoms with van der Waals surface area (Å²) in [6, 6.07) is 14.7. The van der Waals surface area contributed by atoms with E-state index in [2.05, 4.69) is 26.1 Å². The fourth-order valence-electron chi connectivity index (χ4n) is 3.53. The van der Waals surface area contributed by atoms with Gasteiger partial charge < -0.3 is 19.7 Å². The van der Waals surface area contributed by atoms with Gasteiger partial charge >= 0.3 is 0 Å². The van der Waals surface area contributed by atoms with E-state index >= 15 is 0 Å². The molecule has 0 bridgehead atoms. The largest absolute Gasteiger partial charge is 0.497 e. The number of hydrogen-bond donors (Lipinski definition) is 1. The fourth-order valence-corrected chi connectivity index (χ4v) is 3.53. The molecule has 0 aromatic heterocycles. The lowest BCUT2D eigenvalue weighted by atomic mass is 10.0. The minimum Gasteiger partial charge on any atom is -0.497 e. The zero-order valence-corrected chi connectivity index (χ0v) is 20.6. The molecule has 0 aliphatic carbocycles. The number of hydrogen-bond acceptors (Lipinski definition) is 4. The number of nitrogens with zero attached hydrogens (tertiary/aromatic N) is 1. The molecule has 0 radical (unpaired) electrons. The fraction of sp³-hybridized carbons (Fsp3) is 0.481. The van der Waals surface area contributed by atoms with Crippen molar-refractivity contribution in [3.63, 3.8) is 0 Å². The van der Waals surface area contributed by atoms with Crippen LogP contribution in [0.3, 0.4) is 0 Å². The Morgan fingerprint density at radius 2 is 1.61 bits per heavy atom. The van der Waals surface area contributed by atoms with Crippen LogP contribution in [-0.2, 0) is 16.1 Å². The molecule has 0 aliphatic rings. The van der Waals surface area contributed by atoms with Gasteiger partial charge in [0, 0.05) is 13.1 Å². The van der Waals surface area contributed by atoms with E-state index in [9.17, 15) is 9.59 Å². The average molecular weight is 455 g/mol. The van der Waals surface area contributed by atoms with Crippen LogP contribution in [0.2, 0.25) is 0 Å². The molecular formula is C27H38N2O4. The maximum Gasteiger partial charge on any atom is 0.261 e. The predicted molar refractivity (Wildman–Crippen MR) is 132 cm³/mol. The zero-order valence-electron chi connectivity index (χ0n) is 20.6. The smallest absolute Gasteiger partial charge is 0.261 e. The van der Waals surface area contributed by atoms with Crippen molar-refractivity contribution in [1.82, 2.24) is 10.2 Å². The van der Waals surface area contributed by atoms with Crippen LogP contribution in [0.4, 0.5) is 0 Å². The molecule has 0 saturated heterocycles. The van der Waals surface area contributed by atoms with Crippen molar-refractivity contribution in [2.24, 2.45) is 0 Å². The lowest BCUT2D eigenvalue weighted by Crippen LogP contribution is -2.50. The molecule has 0 unspecified atom stereocenters. The van der Waals surface area contributed by atoms with Gasteiger partial charge in [0.1, 0.15) is 17.5 Å².